The zero-order chi connectivity index (χ0) is 5.98. The molecule has 1 aliphatic heterocycles. The summed E-state index contributed by atoms with van der Waals surface area (Å²) in [4.78, 5) is 2.42. The van der Waals surface area contributed by atoms with E-state index in [0.717, 1.165) is 19.0 Å². The molecule has 2 heteroatoms. The van der Waals surface area contributed by atoms with E-state index in [-0.39, 0.29) is 0 Å². The van der Waals surface area contributed by atoms with Crippen LogP contribution in [-0.2, 0) is 0 Å². The van der Waals surface area contributed by atoms with Gasteiger partial charge in [0.2, 0.25) is 0 Å². The van der Waals surface area contributed by atoms with Crippen LogP contribution in [0.1, 0.15) is 13.3 Å². The first-order valence-electron chi connectivity index (χ1n) is 3.28. The molecule has 0 aromatic heterocycles. The highest BCUT2D eigenvalue weighted by atomic mass is 15.3. The van der Waals surface area contributed by atoms with E-state index in [0.29, 0.717) is 0 Å². The van der Waals surface area contributed by atoms with Crippen LogP contribution in [0.5, 0.6) is 0 Å². The highest BCUT2D eigenvalue weighted by Crippen LogP contribution is 2.14. The van der Waals surface area contributed by atoms with Crippen LogP contribution in [0.4, 0.5) is 0 Å². The van der Waals surface area contributed by atoms with Gasteiger partial charge < -0.3 is 5.73 Å². The van der Waals surface area contributed by atoms with Crippen molar-refractivity contribution in [3.63, 3.8) is 0 Å². The Kier molecular flexibility index (Phi) is 1.86. The topological polar surface area (TPSA) is 29.0 Å². The van der Waals surface area contributed by atoms with Crippen LogP contribution < -0.4 is 5.73 Å². The van der Waals surface area contributed by atoms with Crippen LogP contribution in [0.15, 0.2) is 0 Å². The average molecular weight is 114 g/mol. The van der Waals surface area contributed by atoms with Gasteiger partial charge in [0.25, 0.3) is 0 Å². The summed E-state index contributed by atoms with van der Waals surface area (Å²) in [6.45, 7) is 5.58. The maximum atomic E-state index is 5.32. The van der Waals surface area contributed by atoms with Gasteiger partial charge in [-0.25, -0.2) is 0 Å². The van der Waals surface area contributed by atoms with Gasteiger partial charge in [0.15, 0.2) is 0 Å². The maximum absolute atomic E-state index is 5.32. The molecule has 0 radical (unpaired) electrons. The van der Waals surface area contributed by atoms with Crippen molar-refractivity contribution in [3.8, 4) is 0 Å². The molecule has 1 fully saturated rings. The molecule has 0 saturated carbocycles. The van der Waals surface area contributed by atoms with Crippen molar-refractivity contribution in [3.05, 3.63) is 0 Å². The Labute approximate surface area is 50.7 Å². The van der Waals surface area contributed by atoms with Crippen molar-refractivity contribution in [2.45, 2.75) is 19.4 Å². The lowest BCUT2D eigenvalue weighted by molar-refractivity contribution is 0.504. The monoisotopic (exact) mass is 114 g/mol. The highest BCUT2D eigenvalue weighted by Gasteiger charge is 2.27. The van der Waals surface area contributed by atoms with E-state index >= 15 is 0 Å². The van der Waals surface area contributed by atoms with E-state index in [4.69, 9.17) is 5.73 Å². The fourth-order valence-corrected chi connectivity index (χ4v) is 0.898. The van der Waals surface area contributed by atoms with Crippen molar-refractivity contribution in [1.29, 1.82) is 0 Å². The Morgan fingerprint density at radius 2 is 2.38 bits per heavy atom. The number of nitrogens with two attached hydrogens (primary N) is 1. The van der Waals surface area contributed by atoms with Crippen LogP contribution in [0, 0.1) is 0 Å². The van der Waals surface area contributed by atoms with Crippen molar-refractivity contribution >= 4 is 0 Å². The minimum Gasteiger partial charge on any atom is -0.330 e. The van der Waals surface area contributed by atoms with Crippen LogP contribution in [0.2, 0.25) is 0 Å². The van der Waals surface area contributed by atoms with Gasteiger partial charge in [0.1, 0.15) is 0 Å². The van der Waals surface area contributed by atoms with Crippen LogP contribution in [-0.4, -0.2) is 30.6 Å². The molecule has 0 amide bonds. The molecule has 48 valence electrons. The third-order valence-corrected chi connectivity index (χ3v) is 1.64. The third-order valence-electron chi connectivity index (χ3n) is 1.64. The molecule has 0 aromatic rings. The zero-order valence-corrected chi connectivity index (χ0v) is 5.43. The molecule has 1 aliphatic rings. The summed E-state index contributed by atoms with van der Waals surface area (Å²) in [5, 5.41) is 0. The van der Waals surface area contributed by atoms with Crippen LogP contribution in [0.25, 0.3) is 0 Å². The number of hydrogen-bond acceptors (Lipinski definition) is 2. The van der Waals surface area contributed by atoms with Gasteiger partial charge in [-0.1, -0.05) is 0 Å². The van der Waals surface area contributed by atoms with Gasteiger partial charge >= 0.3 is 0 Å². The van der Waals surface area contributed by atoms with Gasteiger partial charge in [-0.3, -0.25) is 4.90 Å². The van der Waals surface area contributed by atoms with Crippen molar-refractivity contribution in [2.75, 3.05) is 19.6 Å². The number of hydrogen-bond donors (Lipinski definition) is 1. The minimum absolute atomic E-state index is 0.837. The molecule has 0 bridgehead atoms. The van der Waals surface area contributed by atoms with E-state index in [1.807, 2.05) is 0 Å². The van der Waals surface area contributed by atoms with Gasteiger partial charge in [-0.2, -0.15) is 0 Å². The molecule has 2 nitrogen and oxygen atoms in total. The first-order valence-corrected chi connectivity index (χ1v) is 3.28. The first-order chi connectivity index (χ1) is 3.84. The lowest BCUT2D eigenvalue weighted by Gasteiger charge is -1.96. The van der Waals surface area contributed by atoms with Crippen molar-refractivity contribution in [2.24, 2.45) is 5.73 Å². The average Bonchev–Trinajstić information content (AvgIpc) is 2.42. The first kappa shape index (κ1) is 6.05. The predicted octanol–water partition coefficient (Wildman–Crippen LogP) is 0.0393. The Bertz CT molecular complexity index is 72.9. The van der Waals surface area contributed by atoms with Crippen LogP contribution in [0.3, 0.4) is 0 Å². The largest absolute Gasteiger partial charge is 0.330 e. The van der Waals surface area contributed by atoms with Gasteiger partial charge in [0.05, 0.1) is 0 Å². The highest BCUT2D eigenvalue weighted by molar-refractivity contribution is 4.83. The van der Waals surface area contributed by atoms with Crippen LogP contribution >= 0.6 is 0 Å². The van der Waals surface area contributed by atoms with E-state index in [1.165, 1.54) is 13.1 Å². The standard InChI is InChI=1S/C6H14N2/c1-6-5-8(6)4-2-3-7/h6H,2-5,7H2,1H3. The normalized spacial score (nSPS) is 35.2. The second kappa shape index (κ2) is 2.46. The molecule has 1 saturated heterocycles. The fraction of sp³-hybridized carbons (Fsp3) is 1.00. The Morgan fingerprint density at radius 1 is 1.75 bits per heavy atom. The minimum atomic E-state index is 0.837. The summed E-state index contributed by atoms with van der Waals surface area (Å²) < 4.78 is 0. The number of nitrogens with zero attached hydrogens (tertiary/aromatic N) is 1. The summed E-state index contributed by atoms with van der Waals surface area (Å²) in [6, 6.07) is 0.849. The van der Waals surface area contributed by atoms with Gasteiger partial charge in [0, 0.05) is 12.6 Å². The van der Waals surface area contributed by atoms with E-state index < -0.39 is 0 Å². The van der Waals surface area contributed by atoms with E-state index in [1.54, 1.807) is 0 Å². The lowest BCUT2D eigenvalue weighted by atomic mass is 10.4. The molecule has 8 heavy (non-hydrogen) atoms. The molecule has 2 unspecified atom stereocenters. The smallest absolute Gasteiger partial charge is 0.0195 e. The SMILES string of the molecule is CC1CN1CCCN. The van der Waals surface area contributed by atoms with Crippen molar-refractivity contribution in [1.82, 2.24) is 4.90 Å². The Morgan fingerprint density at radius 3 is 2.75 bits per heavy atom. The summed E-state index contributed by atoms with van der Waals surface area (Å²) in [6.07, 6.45) is 1.16. The van der Waals surface area contributed by atoms with E-state index in [9.17, 15) is 0 Å². The number of rotatable bonds is 3. The third kappa shape index (κ3) is 1.46. The molecule has 0 spiro atoms. The molecular formula is C6H14N2. The summed E-state index contributed by atoms with van der Waals surface area (Å²) >= 11 is 0. The molecule has 1 rings (SSSR count). The predicted molar refractivity (Wildman–Crippen MR) is 34.7 cm³/mol. The van der Waals surface area contributed by atoms with Gasteiger partial charge in [-0.15, -0.1) is 0 Å². The summed E-state index contributed by atoms with van der Waals surface area (Å²) in [5.74, 6) is 0. The van der Waals surface area contributed by atoms with Crippen molar-refractivity contribution < 1.29 is 0 Å². The van der Waals surface area contributed by atoms with Gasteiger partial charge in [-0.05, 0) is 26.4 Å². The maximum Gasteiger partial charge on any atom is 0.0195 e. The summed E-state index contributed by atoms with van der Waals surface area (Å²) in [5.41, 5.74) is 5.32. The fourth-order valence-electron chi connectivity index (χ4n) is 0.898. The summed E-state index contributed by atoms with van der Waals surface area (Å²) in [7, 11) is 0. The second-order valence-corrected chi connectivity index (χ2v) is 2.49. The zero-order valence-electron chi connectivity index (χ0n) is 5.43. The lowest BCUT2D eigenvalue weighted by Crippen LogP contribution is -2.08. The quantitative estimate of drug-likeness (QED) is 0.525. The molecule has 2 N–H and O–H groups in total. The molecule has 0 aliphatic carbocycles. The Balaban J connectivity index is 1.89. The molecule has 0 aromatic carbocycles. The molecule has 1 heterocycles. The second-order valence-electron chi connectivity index (χ2n) is 2.49. The Hall–Kier alpha value is -0.0800. The van der Waals surface area contributed by atoms with E-state index in [2.05, 4.69) is 11.8 Å². The molecular weight excluding hydrogens is 100 g/mol. The molecule has 2 atom stereocenters.